The predicted molar refractivity (Wildman–Crippen MR) is 199 cm³/mol. The number of sulfone groups is 1. The van der Waals surface area contributed by atoms with Crippen molar-refractivity contribution in [3.8, 4) is 0 Å². The second-order valence-electron chi connectivity index (χ2n) is 18.7. The molecule has 0 radical (unpaired) electrons. The number of carbonyl (C=O) groups is 1. The van der Waals surface area contributed by atoms with Crippen molar-refractivity contribution in [2.45, 2.75) is 111 Å². The van der Waals surface area contributed by atoms with E-state index in [1.807, 2.05) is 6.07 Å². The Bertz CT molecular complexity index is 1630. The summed E-state index contributed by atoms with van der Waals surface area (Å²) in [5, 5.41) is 4.21. The number of fused-ring (bicyclic) bond motifs is 7. The maximum Gasteiger partial charge on any atom is 0.340 e. The summed E-state index contributed by atoms with van der Waals surface area (Å²) in [4.78, 5) is 14.5. The van der Waals surface area contributed by atoms with Gasteiger partial charge in [-0.2, -0.15) is 0 Å². The van der Waals surface area contributed by atoms with Crippen molar-refractivity contribution in [2.75, 3.05) is 44.8 Å². The summed E-state index contributed by atoms with van der Waals surface area (Å²) in [5.41, 5.74) is 2.92. The quantitative estimate of drug-likeness (QED) is 0.288. The van der Waals surface area contributed by atoms with Gasteiger partial charge in [-0.05, 0) is 132 Å². The summed E-state index contributed by atoms with van der Waals surface area (Å²) in [6.45, 7) is 18.4. The number of esters is 1. The molecular weight excluding hydrogens is 648 g/mol. The van der Waals surface area contributed by atoms with E-state index < -0.39 is 21.6 Å². The van der Waals surface area contributed by atoms with Crippen molar-refractivity contribution in [2.24, 2.45) is 51.2 Å². The van der Waals surface area contributed by atoms with Gasteiger partial charge in [-0.25, -0.2) is 17.6 Å². The van der Waals surface area contributed by atoms with Gasteiger partial charge in [0.25, 0.3) is 0 Å². The molecule has 6 aliphatic rings. The Morgan fingerprint density at radius 3 is 2.38 bits per heavy atom. The van der Waals surface area contributed by atoms with Crippen LogP contribution < -0.4 is 5.32 Å². The van der Waals surface area contributed by atoms with Gasteiger partial charge in [0.05, 0.1) is 24.2 Å². The molecule has 0 bridgehead atoms. The Labute approximate surface area is 301 Å². The van der Waals surface area contributed by atoms with E-state index in [1.54, 1.807) is 12.1 Å². The van der Waals surface area contributed by atoms with Gasteiger partial charge >= 0.3 is 5.97 Å². The SMILES string of the molecule is CCC1CCC2(NCCN3CCS(=O)(=O)CC3)CCC3(C)C(CCC4C5(C)CC=C(c6ccc(C(=O)OC)c(F)c6)C(C)(C)C5CCC43C)C12. The molecule has 9 unspecified atom stereocenters. The van der Waals surface area contributed by atoms with Gasteiger partial charge in [0.1, 0.15) is 5.82 Å². The van der Waals surface area contributed by atoms with Crippen LogP contribution in [0.1, 0.15) is 122 Å². The number of halogens is 1. The van der Waals surface area contributed by atoms with Crippen LogP contribution in [0.5, 0.6) is 0 Å². The van der Waals surface area contributed by atoms with Crippen molar-refractivity contribution >= 4 is 21.4 Å². The average molecular weight is 711 g/mol. The van der Waals surface area contributed by atoms with Crippen LogP contribution in [0.15, 0.2) is 24.3 Å². The van der Waals surface area contributed by atoms with E-state index in [0.29, 0.717) is 47.8 Å². The Morgan fingerprint density at radius 1 is 0.960 bits per heavy atom. The normalized spacial score (nSPS) is 42.0. The van der Waals surface area contributed by atoms with Gasteiger partial charge in [0, 0.05) is 31.7 Å². The van der Waals surface area contributed by atoms with Crippen LogP contribution in [0, 0.1) is 57.1 Å². The first-order chi connectivity index (χ1) is 23.6. The molecule has 0 spiro atoms. The second kappa shape index (κ2) is 12.7. The topological polar surface area (TPSA) is 75.7 Å². The second-order valence-corrected chi connectivity index (χ2v) is 21.0. The number of allylic oxidation sites excluding steroid dienone is 2. The highest BCUT2D eigenvalue weighted by molar-refractivity contribution is 7.91. The van der Waals surface area contributed by atoms with Crippen LogP contribution >= 0.6 is 0 Å². The molecule has 6 nitrogen and oxygen atoms in total. The first-order valence-corrected chi connectivity index (χ1v) is 21.6. The molecule has 7 rings (SSSR count). The summed E-state index contributed by atoms with van der Waals surface area (Å²) in [7, 11) is -1.56. The molecule has 278 valence electrons. The van der Waals surface area contributed by atoms with E-state index in [1.165, 1.54) is 70.5 Å². The highest BCUT2D eigenvalue weighted by Crippen LogP contribution is 2.76. The summed E-state index contributed by atoms with van der Waals surface area (Å²) >= 11 is 0. The molecule has 1 saturated heterocycles. The van der Waals surface area contributed by atoms with E-state index >= 15 is 4.39 Å². The molecule has 1 heterocycles. The fraction of sp³-hybridized carbons (Fsp3) is 0.786. The number of ether oxygens (including phenoxy) is 1. The van der Waals surface area contributed by atoms with Gasteiger partial charge in [-0.1, -0.05) is 60.1 Å². The Kier molecular flexibility index (Phi) is 9.28. The number of benzene rings is 1. The minimum atomic E-state index is -2.86. The van der Waals surface area contributed by atoms with Crippen LogP contribution in [0.3, 0.4) is 0 Å². The molecule has 1 aliphatic heterocycles. The number of hydrogen-bond donors (Lipinski definition) is 1. The first kappa shape index (κ1) is 36.6. The molecular formula is C42H63FN2O4S. The zero-order valence-electron chi connectivity index (χ0n) is 31.9. The van der Waals surface area contributed by atoms with E-state index in [0.717, 1.165) is 36.9 Å². The Balaban J connectivity index is 1.13. The molecule has 8 heteroatoms. The number of nitrogens with one attached hydrogen (secondary N) is 1. The predicted octanol–water partition coefficient (Wildman–Crippen LogP) is 8.17. The highest BCUT2D eigenvalue weighted by Gasteiger charge is 2.70. The Hall–Kier alpha value is -1.77. The lowest BCUT2D eigenvalue weighted by atomic mass is 9.33. The van der Waals surface area contributed by atoms with Crippen LogP contribution in [0.2, 0.25) is 0 Å². The monoisotopic (exact) mass is 710 g/mol. The van der Waals surface area contributed by atoms with Crippen molar-refractivity contribution in [1.29, 1.82) is 0 Å². The van der Waals surface area contributed by atoms with Crippen molar-refractivity contribution in [3.63, 3.8) is 0 Å². The summed E-state index contributed by atoms with van der Waals surface area (Å²) < 4.78 is 44.0. The summed E-state index contributed by atoms with van der Waals surface area (Å²) in [6, 6.07) is 5.05. The largest absolute Gasteiger partial charge is 0.465 e. The van der Waals surface area contributed by atoms with Gasteiger partial charge < -0.3 is 15.0 Å². The molecule has 4 saturated carbocycles. The number of rotatable bonds is 7. The molecule has 5 aliphatic carbocycles. The zero-order chi connectivity index (χ0) is 35.9. The maximum atomic E-state index is 15.2. The van der Waals surface area contributed by atoms with Crippen molar-refractivity contribution in [3.05, 3.63) is 41.2 Å². The highest BCUT2D eigenvalue weighted by atomic mass is 32.2. The van der Waals surface area contributed by atoms with Gasteiger partial charge in [0.15, 0.2) is 9.84 Å². The van der Waals surface area contributed by atoms with Crippen molar-refractivity contribution < 1.29 is 22.3 Å². The number of nitrogens with zero attached hydrogens (tertiary/aromatic N) is 1. The third-order valence-electron chi connectivity index (χ3n) is 16.7. The standard InChI is InChI=1S/C42H63FN2O4S/c1-8-28-13-18-42(44-21-22-45-23-25-50(47,48)26-24-45)20-19-40(5)32(36(28)42)11-12-35-39(4)16-14-31(38(2,3)34(39)15-17-41(35,40)6)29-9-10-30(33(43)27-29)37(46)49-7/h9-10,14,27-28,32,34-36,44H,8,11-13,15-26H2,1-7H3. The molecule has 1 aromatic carbocycles. The summed E-state index contributed by atoms with van der Waals surface area (Å²) in [6.07, 6.45) is 14.9. The van der Waals surface area contributed by atoms with Crippen molar-refractivity contribution in [1.82, 2.24) is 10.2 Å². The maximum absolute atomic E-state index is 15.2. The van der Waals surface area contributed by atoms with E-state index in [9.17, 15) is 13.2 Å². The van der Waals surface area contributed by atoms with E-state index in [-0.39, 0.29) is 27.3 Å². The zero-order valence-corrected chi connectivity index (χ0v) is 32.7. The van der Waals surface area contributed by atoms with Crippen LogP contribution in [0.4, 0.5) is 4.39 Å². The lowest BCUT2D eigenvalue weighted by molar-refractivity contribution is -0.220. The third-order valence-corrected chi connectivity index (χ3v) is 18.3. The Morgan fingerprint density at radius 2 is 1.70 bits per heavy atom. The smallest absolute Gasteiger partial charge is 0.340 e. The van der Waals surface area contributed by atoms with E-state index in [4.69, 9.17) is 4.74 Å². The number of carbonyl (C=O) groups excluding carboxylic acids is 1. The molecule has 9 atom stereocenters. The molecule has 1 aromatic rings. The van der Waals surface area contributed by atoms with Gasteiger partial charge in [-0.3, -0.25) is 0 Å². The fourth-order valence-corrected chi connectivity index (χ4v) is 15.3. The van der Waals surface area contributed by atoms with Crippen LogP contribution in [-0.4, -0.2) is 69.6 Å². The van der Waals surface area contributed by atoms with Gasteiger partial charge in [-0.15, -0.1) is 0 Å². The molecule has 50 heavy (non-hydrogen) atoms. The summed E-state index contributed by atoms with van der Waals surface area (Å²) in [5.74, 6) is 2.79. The molecule has 1 N–H and O–H groups in total. The fourth-order valence-electron chi connectivity index (χ4n) is 14.0. The minimum Gasteiger partial charge on any atom is -0.465 e. The first-order valence-electron chi connectivity index (χ1n) is 19.8. The third kappa shape index (κ3) is 5.49. The van der Waals surface area contributed by atoms with Crippen LogP contribution in [0.25, 0.3) is 5.57 Å². The molecule has 5 fully saturated rings. The minimum absolute atomic E-state index is 0.00681. The lowest BCUT2D eigenvalue weighted by Crippen LogP contribution is -2.68. The number of hydrogen-bond acceptors (Lipinski definition) is 6. The lowest BCUT2D eigenvalue weighted by Gasteiger charge is -2.72. The van der Waals surface area contributed by atoms with Gasteiger partial charge in [0.2, 0.25) is 0 Å². The molecule has 0 amide bonds. The molecule has 0 aromatic heterocycles. The number of methoxy groups -OCH3 is 1. The van der Waals surface area contributed by atoms with Crippen LogP contribution in [-0.2, 0) is 14.6 Å². The average Bonchev–Trinajstić information content (AvgIpc) is 3.44. The van der Waals surface area contributed by atoms with E-state index in [2.05, 4.69) is 57.8 Å².